The Kier molecular flexibility index (Phi) is 2.11. The number of hydrogen-bond donors (Lipinski definition) is 0. The molecule has 0 aliphatic carbocycles. The SMILES string of the molecule is CC1(C)Cc2c(F)cccc2C(Cl)=N1. The zero-order valence-electron chi connectivity index (χ0n) is 8.14. The highest BCUT2D eigenvalue weighted by Crippen LogP contribution is 2.29. The van der Waals surface area contributed by atoms with E-state index < -0.39 is 0 Å². The number of aliphatic imine (C=N–C) groups is 1. The lowest BCUT2D eigenvalue weighted by molar-refractivity contribution is 0.494. The van der Waals surface area contributed by atoms with Crippen molar-refractivity contribution >= 4 is 16.8 Å². The number of fused-ring (bicyclic) bond motifs is 1. The minimum Gasteiger partial charge on any atom is -0.266 e. The topological polar surface area (TPSA) is 12.4 Å². The van der Waals surface area contributed by atoms with Crippen LogP contribution in [0.4, 0.5) is 4.39 Å². The minimum absolute atomic E-state index is 0.191. The third-order valence-corrected chi connectivity index (χ3v) is 2.64. The number of benzene rings is 1. The number of nitrogens with zero attached hydrogens (tertiary/aromatic N) is 1. The highest BCUT2D eigenvalue weighted by molar-refractivity contribution is 6.69. The van der Waals surface area contributed by atoms with Crippen LogP contribution in [-0.4, -0.2) is 10.7 Å². The summed E-state index contributed by atoms with van der Waals surface area (Å²) >= 11 is 5.99. The van der Waals surface area contributed by atoms with E-state index in [0.29, 0.717) is 17.2 Å². The molecule has 0 saturated carbocycles. The lowest BCUT2D eigenvalue weighted by Crippen LogP contribution is -2.28. The van der Waals surface area contributed by atoms with E-state index in [4.69, 9.17) is 11.6 Å². The van der Waals surface area contributed by atoms with Crippen LogP contribution in [0.2, 0.25) is 0 Å². The maximum absolute atomic E-state index is 13.5. The van der Waals surface area contributed by atoms with Crippen LogP contribution in [0, 0.1) is 5.82 Å². The molecule has 0 amide bonds. The van der Waals surface area contributed by atoms with Crippen molar-refractivity contribution in [3.05, 3.63) is 35.1 Å². The molecule has 1 heterocycles. The first-order valence-corrected chi connectivity index (χ1v) is 4.90. The molecule has 0 fully saturated rings. The van der Waals surface area contributed by atoms with Crippen molar-refractivity contribution < 1.29 is 4.39 Å². The summed E-state index contributed by atoms with van der Waals surface area (Å²) in [6.45, 7) is 3.90. The van der Waals surface area contributed by atoms with Gasteiger partial charge in [0, 0.05) is 17.5 Å². The Hall–Kier alpha value is -0.890. The summed E-state index contributed by atoms with van der Waals surface area (Å²) in [5.74, 6) is -0.191. The smallest absolute Gasteiger partial charge is 0.131 e. The van der Waals surface area contributed by atoms with Gasteiger partial charge in [-0.15, -0.1) is 0 Å². The second-order valence-corrected chi connectivity index (χ2v) is 4.52. The van der Waals surface area contributed by atoms with Crippen LogP contribution < -0.4 is 0 Å². The molecule has 0 spiro atoms. The molecule has 0 N–H and O–H groups in total. The largest absolute Gasteiger partial charge is 0.266 e. The van der Waals surface area contributed by atoms with Crippen molar-refractivity contribution in [2.45, 2.75) is 25.8 Å². The summed E-state index contributed by atoms with van der Waals surface area (Å²) in [4.78, 5) is 4.31. The predicted molar refractivity (Wildman–Crippen MR) is 56.6 cm³/mol. The fourth-order valence-corrected chi connectivity index (χ4v) is 2.14. The van der Waals surface area contributed by atoms with Gasteiger partial charge in [0.2, 0.25) is 0 Å². The van der Waals surface area contributed by atoms with Crippen molar-refractivity contribution in [1.82, 2.24) is 0 Å². The van der Waals surface area contributed by atoms with Crippen molar-refractivity contribution in [3.8, 4) is 0 Å². The Morgan fingerprint density at radius 2 is 2.14 bits per heavy atom. The van der Waals surface area contributed by atoms with Gasteiger partial charge in [0.15, 0.2) is 0 Å². The zero-order chi connectivity index (χ0) is 10.3. The van der Waals surface area contributed by atoms with Gasteiger partial charge in [-0.05, 0) is 19.9 Å². The highest BCUT2D eigenvalue weighted by atomic mass is 35.5. The molecular formula is C11H11ClFN. The Bertz CT molecular complexity index is 410. The van der Waals surface area contributed by atoms with Crippen LogP contribution in [-0.2, 0) is 6.42 Å². The molecule has 0 unspecified atom stereocenters. The van der Waals surface area contributed by atoms with Crippen molar-refractivity contribution in [1.29, 1.82) is 0 Å². The van der Waals surface area contributed by atoms with Crippen molar-refractivity contribution in [2.24, 2.45) is 4.99 Å². The normalized spacial score (nSPS) is 18.7. The van der Waals surface area contributed by atoms with Crippen LogP contribution in [0.1, 0.15) is 25.0 Å². The average molecular weight is 212 g/mol. The first-order chi connectivity index (χ1) is 6.49. The van der Waals surface area contributed by atoms with Gasteiger partial charge < -0.3 is 0 Å². The van der Waals surface area contributed by atoms with E-state index >= 15 is 0 Å². The summed E-state index contributed by atoms with van der Waals surface area (Å²) in [5.41, 5.74) is 1.11. The van der Waals surface area contributed by atoms with Gasteiger partial charge in [0.05, 0.1) is 5.54 Å². The van der Waals surface area contributed by atoms with Gasteiger partial charge in [-0.3, -0.25) is 4.99 Å². The van der Waals surface area contributed by atoms with E-state index in [2.05, 4.69) is 4.99 Å². The summed E-state index contributed by atoms with van der Waals surface area (Å²) in [6.07, 6.45) is 0.602. The van der Waals surface area contributed by atoms with Crippen LogP contribution in [0.25, 0.3) is 0 Å². The molecule has 0 atom stereocenters. The fourth-order valence-electron chi connectivity index (χ4n) is 1.73. The van der Waals surface area contributed by atoms with E-state index in [1.807, 2.05) is 13.8 Å². The maximum atomic E-state index is 13.5. The fraction of sp³-hybridized carbons (Fsp3) is 0.364. The third-order valence-electron chi connectivity index (χ3n) is 2.35. The standard InChI is InChI=1S/C11H11ClFN/c1-11(2)6-8-7(10(12)14-11)4-3-5-9(8)13/h3-5H,6H2,1-2H3. The van der Waals surface area contributed by atoms with E-state index in [1.54, 1.807) is 12.1 Å². The molecule has 1 aliphatic heterocycles. The lowest BCUT2D eigenvalue weighted by atomic mass is 9.89. The van der Waals surface area contributed by atoms with E-state index in [0.717, 1.165) is 5.56 Å². The Morgan fingerprint density at radius 1 is 1.43 bits per heavy atom. The minimum atomic E-state index is -0.299. The summed E-state index contributed by atoms with van der Waals surface area (Å²) in [7, 11) is 0. The zero-order valence-corrected chi connectivity index (χ0v) is 8.90. The Morgan fingerprint density at radius 3 is 2.86 bits per heavy atom. The Labute approximate surface area is 87.6 Å². The second-order valence-electron chi connectivity index (χ2n) is 4.16. The first kappa shape index (κ1) is 9.66. The molecule has 2 rings (SSSR count). The molecular weight excluding hydrogens is 201 g/mol. The van der Waals surface area contributed by atoms with E-state index in [-0.39, 0.29) is 11.4 Å². The summed E-state index contributed by atoms with van der Waals surface area (Å²) in [6, 6.07) is 4.92. The molecule has 0 aromatic heterocycles. The molecule has 74 valence electrons. The second kappa shape index (κ2) is 3.06. The molecule has 0 bridgehead atoms. The molecule has 1 aromatic carbocycles. The van der Waals surface area contributed by atoms with E-state index in [9.17, 15) is 4.39 Å². The monoisotopic (exact) mass is 211 g/mol. The molecule has 14 heavy (non-hydrogen) atoms. The molecule has 1 aromatic rings. The van der Waals surface area contributed by atoms with Gasteiger partial charge in [-0.25, -0.2) is 4.39 Å². The predicted octanol–water partition coefficient (Wildman–Crippen LogP) is 3.15. The summed E-state index contributed by atoms with van der Waals surface area (Å²) in [5, 5.41) is 0.413. The van der Waals surface area contributed by atoms with E-state index in [1.165, 1.54) is 6.07 Å². The van der Waals surface area contributed by atoms with Gasteiger partial charge in [0.25, 0.3) is 0 Å². The quantitative estimate of drug-likeness (QED) is 0.625. The molecule has 3 heteroatoms. The third kappa shape index (κ3) is 1.55. The van der Waals surface area contributed by atoms with Crippen LogP contribution in [0.15, 0.2) is 23.2 Å². The average Bonchev–Trinajstić information content (AvgIpc) is 2.05. The molecule has 0 radical (unpaired) electrons. The van der Waals surface area contributed by atoms with Crippen molar-refractivity contribution in [2.75, 3.05) is 0 Å². The molecule has 0 saturated heterocycles. The molecule has 1 aliphatic rings. The number of halogens is 2. The van der Waals surface area contributed by atoms with Gasteiger partial charge in [0.1, 0.15) is 11.0 Å². The highest BCUT2D eigenvalue weighted by Gasteiger charge is 2.27. The Balaban J connectivity index is 2.62. The van der Waals surface area contributed by atoms with Gasteiger partial charge in [-0.2, -0.15) is 0 Å². The lowest BCUT2D eigenvalue weighted by Gasteiger charge is -2.26. The summed E-state index contributed by atoms with van der Waals surface area (Å²) < 4.78 is 13.5. The number of rotatable bonds is 0. The van der Waals surface area contributed by atoms with Crippen LogP contribution in [0.3, 0.4) is 0 Å². The van der Waals surface area contributed by atoms with Crippen LogP contribution in [0.5, 0.6) is 0 Å². The maximum Gasteiger partial charge on any atom is 0.131 e. The van der Waals surface area contributed by atoms with Gasteiger partial charge in [-0.1, -0.05) is 23.7 Å². The van der Waals surface area contributed by atoms with Crippen molar-refractivity contribution in [3.63, 3.8) is 0 Å². The van der Waals surface area contributed by atoms with Gasteiger partial charge >= 0.3 is 0 Å². The number of hydrogen-bond acceptors (Lipinski definition) is 1. The van der Waals surface area contributed by atoms with Crippen LogP contribution >= 0.6 is 11.6 Å². The molecule has 1 nitrogen and oxygen atoms in total. The first-order valence-electron chi connectivity index (χ1n) is 4.53.